The largest absolute Gasteiger partial charge is 0.401 e. The smallest absolute Gasteiger partial charge is 0.307 e. The first-order valence-corrected chi connectivity index (χ1v) is 11.5. The van der Waals surface area contributed by atoms with Crippen LogP contribution in [-0.4, -0.2) is 50.4 Å². The number of amides is 2. The zero-order chi connectivity index (χ0) is 22.9. The molecule has 170 valence electrons. The molecule has 10 heteroatoms. The highest BCUT2D eigenvalue weighted by molar-refractivity contribution is 7.90. The quantitative estimate of drug-likeness (QED) is 0.678. The van der Waals surface area contributed by atoms with Crippen molar-refractivity contribution in [3.63, 3.8) is 0 Å². The molecule has 1 aromatic carbocycles. The van der Waals surface area contributed by atoms with Gasteiger partial charge in [-0.05, 0) is 42.9 Å². The number of anilines is 1. The van der Waals surface area contributed by atoms with Crippen LogP contribution < -0.4 is 10.0 Å². The van der Waals surface area contributed by atoms with Gasteiger partial charge in [-0.15, -0.1) is 0 Å². The Morgan fingerprint density at radius 1 is 1.17 bits per heavy atom. The van der Waals surface area contributed by atoms with Crippen LogP contribution in [0.25, 0.3) is 0 Å². The molecule has 1 fully saturated rings. The van der Waals surface area contributed by atoms with Gasteiger partial charge in [0.25, 0.3) is 0 Å². The van der Waals surface area contributed by atoms with Crippen molar-refractivity contribution in [1.82, 2.24) is 9.62 Å². The van der Waals surface area contributed by atoms with Gasteiger partial charge in [0, 0.05) is 12.2 Å². The molecule has 0 aliphatic carbocycles. The van der Waals surface area contributed by atoms with Crippen LogP contribution in [-0.2, 0) is 10.0 Å². The van der Waals surface area contributed by atoms with E-state index in [1.165, 1.54) is 0 Å². The van der Waals surface area contributed by atoms with Crippen molar-refractivity contribution < 1.29 is 26.4 Å². The fraction of sp³-hybridized carbons (Fsp3) is 0.650. The number of alkyl halides is 3. The number of sulfonamides is 1. The van der Waals surface area contributed by atoms with Gasteiger partial charge in [0.05, 0.1) is 11.8 Å². The molecule has 6 nitrogen and oxygen atoms in total. The van der Waals surface area contributed by atoms with Crippen LogP contribution in [0.4, 0.5) is 23.7 Å². The monoisotopic (exact) mass is 449 g/mol. The number of urea groups is 1. The summed E-state index contributed by atoms with van der Waals surface area (Å²) in [4.78, 5) is 13.6. The molecule has 0 aromatic heterocycles. The lowest BCUT2D eigenvalue weighted by Crippen LogP contribution is -2.42. The molecule has 1 aromatic rings. The number of nitrogens with zero attached hydrogens (tertiary/aromatic N) is 1. The number of carbonyl (C=O) groups is 1. The first-order chi connectivity index (χ1) is 13.7. The van der Waals surface area contributed by atoms with Gasteiger partial charge in [-0.25, -0.2) is 17.9 Å². The Bertz CT molecular complexity index is 854. The lowest BCUT2D eigenvalue weighted by Gasteiger charge is -2.22. The van der Waals surface area contributed by atoms with E-state index in [1.54, 1.807) is 0 Å². The first kappa shape index (κ1) is 24.5. The molecule has 2 N–H and O–H groups in total. The summed E-state index contributed by atoms with van der Waals surface area (Å²) in [5.41, 5.74) is 3.40. The predicted octanol–water partition coefficient (Wildman–Crippen LogP) is 4.33. The minimum atomic E-state index is -4.39. The fourth-order valence-electron chi connectivity index (χ4n) is 3.70. The number of nitrogens with one attached hydrogen (secondary N) is 2. The molecule has 30 heavy (non-hydrogen) atoms. The van der Waals surface area contributed by atoms with Crippen molar-refractivity contribution in [2.75, 3.05) is 25.0 Å². The summed E-state index contributed by atoms with van der Waals surface area (Å²) in [6.07, 6.45) is -4.35. The van der Waals surface area contributed by atoms with Gasteiger partial charge in [-0.3, -0.25) is 4.90 Å². The number of aryl methyl sites for hydroxylation is 1. The van der Waals surface area contributed by atoms with Crippen LogP contribution in [0.2, 0.25) is 0 Å². The minimum Gasteiger partial charge on any atom is -0.307 e. The van der Waals surface area contributed by atoms with E-state index in [9.17, 15) is 26.4 Å². The van der Waals surface area contributed by atoms with Gasteiger partial charge >= 0.3 is 12.2 Å². The van der Waals surface area contributed by atoms with E-state index in [-0.39, 0.29) is 31.3 Å². The standard InChI is InChI=1S/C20H30F3N3O3S/c1-12(2)16-8-14(5)9-17(13(3)4)18(16)24-19(27)25-30(28,29)15-6-7-26(10-15)11-20(21,22)23/h8-9,12-13,15H,6-7,10-11H2,1-5H3,(H2,24,25,27). The van der Waals surface area contributed by atoms with Crippen LogP contribution in [0.15, 0.2) is 12.1 Å². The molecular formula is C20H30F3N3O3S. The minimum absolute atomic E-state index is 0.0136. The number of likely N-dealkylation sites (tertiary alicyclic amines) is 1. The van der Waals surface area contributed by atoms with Gasteiger partial charge in [-0.2, -0.15) is 13.2 Å². The summed E-state index contributed by atoms with van der Waals surface area (Å²) < 4.78 is 64.7. The second kappa shape index (κ2) is 9.13. The number of benzene rings is 1. The molecule has 2 rings (SSSR count). The van der Waals surface area contributed by atoms with Gasteiger partial charge in [0.1, 0.15) is 0 Å². The lowest BCUT2D eigenvalue weighted by atomic mass is 9.90. The summed E-state index contributed by atoms with van der Waals surface area (Å²) in [7, 11) is -4.11. The van der Waals surface area contributed by atoms with Crippen molar-refractivity contribution in [2.45, 2.75) is 64.3 Å². The Morgan fingerprint density at radius 2 is 1.70 bits per heavy atom. The van der Waals surface area contributed by atoms with Gasteiger partial charge < -0.3 is 5.32 Å². The maximum Gasteiger partial charge on any atom is 0.401 e. The van der Waals surface area contributed by atoms with E-state index in [1.807, 2.05) is 51.5 Å². The molecule has 0 saturated carbocycles. The van der Waals surface area contributed by atoms with E-state index < -0.39 is 34.0 Å². The Hall–Kier alpha value is -1.81. The Morgan fingerprint density at radius 3 is 2.17 bits per heavy atom. The molecule has 0 radical (unpaired) electrons. The van der Waals surface area contributed by atoms with Crippen molar-refractivity contribution in [3.8, 4) is 0 Å². The summed E-state index contributed by atoms with van der Waals surface area (Å²) in [6.45, 7) is 8.46. The van der Waals surface area contributed by atoms with E-state index in [4.69, 9.17) is 0 Å². The maximum absolute atomic E-state index is 12.6. The van der Waals surface area contributed by atoms with Crippen molar-refractivity contribution in [2.24, 2.45) is 0 Å². The molecule has 0 spiro atoms. The van der Waals surface area contributed by atoms with Crippen LogP contribution in [0.1, 0.15) is 62.6 Å². The summed E-state index contributed by atoms with van der Waals surface area (Å²) >= 11 is 0. The Kier molecular flexibility index (Phi) is 7.45. The Balaban J connectivity index is 2.16. The van der Waals surface area contributed by atoms with Crippen LogP contribution in [0, 0.1) is 6.92 Å². The number of carbonyl (C=O) groups excluding carboxylic acids is 1. The average Bonchev–Trinajstić information content (AvgIpc) is 3.02. The summed E-state index contributed by atoms with van der Waals surface area (Å²) in [6, 6.07) is 3.00. The number of halogens is 3. The molecule has 1 atom stereocenters. The second-order valence-electron chi connectivity index (χ2n) is 8.49. The third-order valence-electron chi connectivity index (χ3n) is 5.13. The maximum atomic E-state index is 12.6. The van der Waals surface area contributed by atoms with Crippen molar-refractivity contribution in [1.29, 1.82) is 0 Å². The number of hydrogen-bond donors (Lipinski definition) is 2. The van der Waals surface area contributed by atoms with Gasteiger partial charge in [0.2, 0.25) is 10.0 Å². The molecule has 1 unspecified atom stereocenters. The second-order valence-corrected chi connectivity index (χ2v) is 10.5. The van der Waals surface area contributed by atoms with Gasteiger partial charge in [0.15, 0.2) is 0 Å². The van der Waals surface area contributed by atoms with E-state index >= 15 is 0 Å². The molecule has 1 saturated heterocycles. The molecule has 2 amide bonds. The van der Waals surface area contributed by atoms with E-state index in [2.05, 4.69) is 5.32 Å². The van der Waals surface area contributed by atoms with Gasteiger partial charge in [-0.1, -0.05) is 45.4 Å². The lowest BCUT2D eigenvalue weighted by molar-refractivity contribution is -0.143. The van der Waals surface area contributed by atoms with Crippen LogP contribution in [0.3, 0.4) is 0 Å². The van der Waals surface area contributed by atoms with E-state index in [0.29, 0.717) is 5.69 Å². The van der Waals surface area contributed by atoms with Crippen molar-refractivity contribution in [3.05, 3.63) is 28.8 Å². The number of hydrogen-bond acceptors (Lipinski definition) is 4. The SMILES string of the molecule is Cc1cc(C(C)C)c(NC(=O)NS(=O)(=O)C2CCN(CC(F)(F)F)C2)c(C(C)C)c1. The zero-order valence-corrected chi connectivity index (χ0v) is 18.7. The highest BCUT2D eigenvalue weighted by Gasteiger charge is 2.39. The van der Waals surface area contributed by atoms with Crippen LogP contribution >= 0.6 is 0 Å². The highest BCUT2D eigenvalue weighted by Crippen LogP contribution is 2.34. The van der Waals surface area contributed by atoms with Crippen molar-refractivity contribution >= 4 is 21.7 Å². The Labute approximate surface area is 176 Å². The normalized spacial score (nSPS) is 18.3. The topological polar surface area (TPSA) is 78.5 Å². The highest BCUT2D eigenvalue weighted by atomic mass is 32.2. The number of rotatable bonds is 6. The molecule has 1 aliphatic rings. The van der Waals surface area contributed by atoms with E-state index in [0.717, 1.165) is 21.6 Å². The fourth-order valence-corrected chi connectivity index (χ4v) is 5.00. The van der Waals surface area contributed by atoms with Crippen LogP contribution in [0.5, 0.6) is 0 Å². The first-order valence-electron chi connectivity index (χ1n) is 9.95. The zero-order valence-electron chi connectivity index (χ0n) is 17.9. The third kappa shape index (κ3) is 6.34. The average molecular weight is 450 g/mol. The molecule has 0 bridgehead atoms. The summed E-state index contributed by atoms with van der Waals surface area (Å²) in [5.74, 6) is 0.195. The molecular weight excluding hydrogens is 419 g/mol. The molecule has 1 heterocycles. The molecule has 1 aliphatic heterocycles. The third-order valence-corrected chi connectivity index (χ3v) is 6.86. The predicted molar refractivity (Wildman–Crippen MR) is 111 cm³/mol. The summed E-state index contributed by atoms with van der Waals surface area (Å²) in [5, 5.41) is 1.60.